The lowest BCUT2D eigenvalue weighted by Crippen LogP contribution is -2.12. The van der Waals surface area contributed by atoms with Gasteiger partial charge in [-0.15, -0.1) is 11.3 Å². The van der Waals surface area contributed by atoms with Gasteiger partial charge in [-0.3, -0.25) is 0 Å². The molecule has 0 bridgehead atoms. The topological polar surface area (TPSA) is 98.6 Å². The highest BCUT2D eigenvalue weighted by molar-refractivity contribution is 7.94. The molecule has 2 aromatic rings. The summed E-state index contributed by atoms with van der Waals surface area (Å²) in [7, 11) is -3.65. The van der Waals surface area contributed by atoms with E-state index < -0.39 is 10.0 Å². The Morgan fingerprint density at radius 1 is 1.50 bits per heavy atom. The number of nitrogens with one attached hydrogen (secondary N) is 2. The molecule has 6 nitrogen and oxygen atoms in total. The van der Waals surface area contributed by atoms with Crippen LogP contribution in [0.15, 0.2) is 28.7 Å². The maximum Gasteiger partial charge on any atom is 0.273 e. The predicted molar refractivity (Wildman–Crippen MR) is 58.4 cm³/mol. The molecular formula is C8H6N4O2S2. The summed E-state index contributed by atoms with van der Waals surface area (Å²) in [6, 6.07) is 4.72. The van der Waals surface area contributed by atoms with E-state index in [1.54, 1.807) is 0 Å². The quantitative estimate of drug-likeness (QED) is 0.858. The molecule has 2 N–H and O–H groups in total. The van der Waals surface area contributed by atoms with E-state index in [-0.39, 0.29) is 10.2 Å². The van der Waals surface area contributed by atoms with E-state index in [1.165, 1.54) is 24.5 Å². The lowest BCUT2D eigenvalue weighted by Gasteiger charge is -2.01. The van der Waals surface area contributed by atoms with E-state index in [0.29, 0.717) is 4.88 Å². The van der Waals surface area contributed by atoms with Crippen LogP contribution in [0, 0.1) is 11.3 Å². The van der Waals surface area contributed by atoms with Crippen molar-refractivity contribution in [3.05, 3.63) is 29.4 Å². The van der Waals surface area contributed by atoms with Crippen molar-refractivity contribution in [3.63, 3.8) is 0 Å². The molecule has 0 aliphatic carbocycles. The zero-order valence-corrected chi connectivity index (χ0v) is 9.47. The molecule has 0 spiro atoms. The van der Waals surface area contributed by atoms with Crippen LogP contribution < -0.4 is 4.72 Å². The molecule has 0 amide bonds. The molecule has 0 saturated carbocycles. The number of H-pyrrole nitrogens is 1. The fourth-order valence-corrected chi connectivity index (χ4v) is 3.11. The van der Waals surface area contributed by atoms with Crippen molar-refractivity contribution in [2.24, 2.45) is 0 Å². The molecule has 0 aliphatic heterocycles. The average Bonchev–Trinajstić information content (AvgIpc) is 2.85. The van der Waals surface area contributed by atoms with E-state index >= 15 is 0 Å². The van der Waals surface area contributed by atoms with Gasteiger partial charge in [-0.05, 0) is 12.1 Å². The second-order valence-corrected chi connectivity index (χ2v) is 5.77. The molecule has 0 saturated heterocycles. The summed E-state index contributed by atoms with van der Waals surface area (Å²) < 4.78 is 25.9. The average molecular weight is 254 g/mol. The van der Waals surface area contributed by atoms with Crippen LogP contribution in [0.3, 0.4) is 0 Å². The maximum absolute atomic E-state index is 11.8. The van der Waals surface area contributed by atoms with Crippen molar-refractivity contribution < 1.29 is 8.42 Å². The van der Waals surface area contributed by atoms with E-state index in [2.05, 4.69) is 14.7 Å². The van der Waals surface area contributed by atoms with Gasteiger partial charge in [0.25, 0.3) is 10.0 Å². The minimum Gasteiger partial charge on any atom is -0.330 e. The zero-order valence-electron chi connectivity index (χ0n) is 7.84. The van der Waals surface area contributed by atoms with Crippen LogP contribution in [-0.4, -0.2) is 18.4 Å². The Labute approximate surface area is 95.6 Å². The summed E-state index contributed by atoms with van der Waals surface area (Å²) in [5, 5.41) is 8.60. The second kappa shape index (κ2) is 3.96. The van der Waals surface area contributed by atoms with Crippen LogP contribution in [0.5, 0.6) is 0 Å². The van der Waals surface area contributed by atoms with Crippen molar-refractivity contribution in [1.29, 1.82) is 5.26 Å². The van der Waals surface area contributed by atoms with Gasteiger partial charge in [-0.2, -0.15) is 5.26 Å². The van der Waals surface area contributed by atoms with Crippen LogP contribution in [0.2, 0.25) is 0 Å². The van der Waals surface area contributed by atoms with Crippen LogP contribution in [0.4, 0.5) is 5.95 Å². The number of thiophene rings is 1. The van der Waals surface area contributed by atoms with Gasteiger partial charge in [0.1, 0.15) is 15.2 Å². The lowest BCUT2D eigenvalue weighted by molar-refractivity contribution is 0.603. The van der Waals surface area contributed by atoms with Gasteiger partial charge in [-0.25, -0.2) is 18.1 Å². The number of nitrogens with zero attached hydrogens (tertiary/aromatic N) is 2. The number of aromatic nitrogens is 2. The number of sulfonamides is 1. The molecule has 0 unspecified atom stereocenters. The van der Waals surface area contributed by atoms with Crippen molar-refractivity contribution >= 4 is 27.3 Å². The third-order valence-electron chi connectivity index (χ3n) is 1.69. The van der Waals surface area contributed by atoms with Crippen molar-refractivity contribution in [3.8, 4) is 6.07 Å². The van der Waals surface area contributed by atoms with E-state index in [4.69, 9.17) is 5.26 Å². The molecule has 0 radical (unpaired) electrons. The molecule has 82 valence electrons. The van der Waals surface area contributed by atoms with Gasteiger partial charge in [0.2, 0.25) is 5.95 Å². The van der Waals surface area contributed by atoms with Gasteiger partial charge < -0.3 is 4.98 Å². The Morgan fingerprint density at radius 3 is 2.88 bits per heavy atom. The number of hydrogen-bond donors (Lipinski definition) is 2. The number of imidazole rings is 1. The summed E-state index contributed by atoms with van der Waals surface area (Å²) in [6.45, 7) is 0. The largest absolute Gasteiger partial charge is 0.330 e. The molecule has 16 heavy (non-hydrogen) atoms. The zero-order chi connectivity index (χ0) is 11.6. The molecule has 0 aromatic carbocycles. The van der Waals surface area contributed by atoms with Gasteiger partial charge in [-0.1, -0.05) is 0 Å². The number of aromatic amines is 1. The SMILES string of the molecule is N#Cc1ccc(S(=O)(=O)Nc2ncc[nH]2)s1. The van der Waals surface area contributed by atoms with Gasteiger partial charge in [0.15, 0.2) is 0 Å². The van der Waals surface area contributed by atoms with Crippen LogP contribution in [0.25, 0.3) is 0 Å². The Bertz CT molecular complexity index is 621. The molecule has 2 heterocycles. The van der Waals surface area contributed by atoms with Crippen molar-refractivity contribution in [2.75, 3.05) is 4.72 Å². The summed E-state index contributed by atoms with van der Waals surface area (Å²) in [6.07, 6.45) is 2.94. The summed E-state index contributed by atoms with van der Waals surface area (Å²) in [5.41, 5.74) is 0. The van der Waals surface area contributed by atoms with E-state index in [9.17, 15) is 8.42 Å². The fraction of sp³-hybridized carbons (Fsp3) is 0. The monoisotopic (exact) mass is 254 g/mol. The second-order valence-electron chi connectivity index (χ2n) is 2.77. The summed E-state index contributed by atoms with van der Waals surface area (Å²) >= 11 is 0.908. The van der Waals surface area contributed by atoms with Crippen molar-refractivity contribution in [1.82, 2.24) is 9.97 Å². The Kier molecular flexibility index (Phi) is 2.64. The predicted octanol–water partition coefficient (Wildman–Crippen LogP) is 1.14. The Morgan fingerprint density at radius 2 is 2.31 bits per heavy atom. The van der Waals surface area contributed by atoms with Crippen LogP contribution in [0.1, 0.15) is 4.88 Å². The van der Waals surface area contributed by atoms with Gasteiger partial charge in [0, 0.05) is 12.4 Å². The first-order valence-electron chi connectivity index (χ1n) is 4.14. The highest BCUT2D eigenvalue weighted by atomic mass is 32.2. The first kappa shape index (κ1) is 10.7. The van der Waals surface area contributed by atoms with Crippen molar-refractivity contribution in [2.45, 2.75) is 4.21 Å². The smallest absolute Gasteiger partial charge is 0.273 e. The molecule has 2 aromatic heterocycles. The molecule has 8 heteroatoms. The number of hydrogen-bond acceptors (Lipinski definition) is 5. The minimum atomic E-state index is -3.65. The van der Waals surface area contributed by atoms with Crippen LogP contribution in [-0.2, 0) is 10.0 Å². The highest BCUT2D eigenvalue weighted by Gasteiger charge is 2.17. The first-order valence-corrected chi connectivity index (χ1v) is 6.44. The summed E-state index contributed by atoms with van der Waals surface area (Å²) in [4.78, 5) is 6.72. The Hall–Kier alpha value is -1.85. The van der Waals surface area contributed by atoms with Gasteiger partial charge >= 0.3 is 0 Å². The number of nitriles is 1. The molecule has 0 fully saturated rings. The van der Waals surface area contributed by atoms with Gasteiger partial charge in [0.05, 0.1) is 0 Å². The maximum atomic E-state index is 11.8. The third-order valence-corrected chi connectivity index (χ3v) is 4.51. The number of rotatable bonds is 3. The molecule has 0 aliphatic rings. The molecular weight excluding hydrogens is 248 g/mol. The molecule has 0 atom stereocenters. The lowest BCUT2D eigenvalue weighted by atomic mass is 10.5. The normalized spacial score (nSPS) is 10.9. The van der Waals surface area contributed by atoms with E-state index in [1.807, 2.05) is 6.07 Å². The number of anilines is 1. The van der Waals surface area contributed by atoms with E-state index in [0.717, 1.165) is 11.3 Å². The standard InChI is InChI=1S/C8H6N4O2S2/c9-5-6-1-2-7(15-6)16(13,14)12-8-10-3-4-11-8/h1-4H,(H2,10,11,12). The van der Waals surface area contributed by atoms with Crippen LogP contribution >= 0.6 is 11.3 Å². The first-order chi connectivity index (χ1) is 7.62. The minimum absolute atomic E-state index is 0.0837. The Balaban J connectivity index is 2.29. The highest BCUT2D eigenvalue weighted by Crippen LogP contribution is 2.22. The fourth-order valence-electron chi connectivity index (χ4n) is 1.02. The molecule has 2 rings (SSSR count). The summed E-state index contributed by atoms with van der Waals surface area (Å²) in [5.74, 6) is 0.145. The third kappa shape index (κ3) is 2.05.